The molecule has 0 aromatic heterocycles. The highest BCUT2D eigenvalue weighted by atomic mass is 16.5. The van der Waals surface area contributed by atoms with Crippen molar-refractivity contribution in [2.75, 3.05) is 53.0 Å². The second kappa shape index (κ2) is 10.7. The van der Waals surface area contributed by atoms with Crippen LogP contribution in [-0.2, 0) is 9.47 Å². The maximum atomic E-state index is 5.74. The van der Waals surface area contributed by atoms with E-state index in [4.69, 9.17) is 9.47 Å². The van der Waals surface area contributed by atoms with Gasteiger partial charge in [0, 0.05) is 39.5 Å². The third-order valence-electron chi connectivity index (χ3n) is 3.31. The smallest absolute Gasteiger partial charge is 0.0701 e. The van der Waals surface area contributed by atoms with Crippen LogP contribution >= 0.6 is 0 Å². The van der Waals surface area contributed by atoms with Gasteiger partial charge in [0.1, 0.15) is 0 Å². The molecule has 0 saturated carbocycles. The lowest BCUT2D eigenvalue weighted by atomic mass is 10.1. The summed E-state index contributed by atoms with van der Waals surface area (Å²) in [4.78, 5) is 2.37. The molecule has 1 unspecified atom stereocenters. The molecule has 0 radical (unpaired) electrons. The first-order valence-corrected chi connectivity index (χ1v) is 7.41. The monoisotopic (exact) mass is 258 g/mol. The average Bonchev–Trinajstić information content (AvgIpc) is 2.39. The van der Waals surface area contributed by atoms with Gasteiger partial charge in [0.2, 0.25) is 0 Å². The molecule has 18 heavy (non-hydrogen) atoms. The molecule has 1 fully saturated rings. The summed E-state index contributed by atoms with van der Waals surface area (Å²) in [5, 5.41) is 3.45. The van der Waals surface area contributed by atoms with Crippen molar-refractivity contribution in [1.82, 2.24) is 10.2 Å². The van der Waals surface area contributed by atoms with Gasteiger partial charge in [-0.1, -0.05) is 0 Å². The van der Waals surface area contributed by atoms with E-state index >= 15 is 0 Å². The summed E-state index contributed by atoms with van der Waals surface area (Å²) < 4.78 is 11.0. The van der Waals surface area contributed by atoms with Crippen molar-refractivity contribution in [3.05, 3.63) is 0 Å². The Labute approximate surface area is 112 Å². The molecule has 108 valence electrons. The van der Waals surface area contributed by atoms with E-state index in [1.54, 1.807) is 0 Å². The van der Waals surface area contributed by atoms with Crippen molar-refractivity contribution in [2.45, 2.75) is 38.7 Å². The van der Waals surface area contributed by atoms with Crippen LogP contribution in [0.5, 0.6) is 0 Å². The maximum Gasteiger partial charge on any atom is 0.0701 e. The maximum absolute atomic E-state index is 5.74. The van der Waals surface area contributed by atoms with Gasteiger partial charge in [-0.15, -0.1) is 0 Å². The first kappa shape index (κ1) is 15.9. The zero-order chi connectivity index (χ0) is 13.1. The average molecular weight is 258 g/mol. The zero-order valence-corrected chi connectivity index (χ0v) is 12.1. The summed E-state index contributed by atoms with van der Waals surface area (Å²) in [7, 11) is 2.18. The highest BCUT2D eigenvalue weighted by molar-refractivity contribution is 4.68. The van der Waals surface area contributed by atoms with Crippen LogP contribution in [-0.4, -0.2) is 64.1 Å². The fourth-order valence-electron chi connectivity index (χ4n) is 2.23. The fourth-order valence-corrected chi connectivity index (χ4v) is 2.23. The van der Waals surface area contributed by atoms with Gasteiger partial charge in [-0.05, 0) is 46.2 Å². The number of hydrogen-bond donors (Lipinski definition) is 1. The second-order valence-corrected chi connectivity index (χ2v) is 5.05. The molecule has 1 N–H and O–H groups in total. The van der Waals surface area contributed by atoms with E-state index in [1.165, 1.54) is 19.3 Å². The third-order valence-corrected chi connectivity index (χ3v) is 3.31. The van der Waals surface area contributed by atoms with Crippen molar-refractivity contribution in [3.63, 3.8) is 0 Å². The lowest BCUT2D eigenvalue weighted by Gasteiger charge is -2.27. The van der Waals surface area contributed by atoms with E-state index in [1.807, 2.05) is 6.92 Å². The summed E-state index contributed by atoms with van der Waals surface area (Å²) in [5.41, 5.74) is 0. The van der Waals surface area contributed by atoms with Gasteiger partial charge in [0.15, 0.2) is 0 Å². The van der Waals surface area contributed by atoms with Gasteiger partial charge in [-0.3, -0.25) is 0 Å². The molecule has 1 rings (SSSR count). The number of ether oxygens (including phenoxy) is 2. The van der Waals surface area contributed by atoms with Gasteiger partial charge in [0.05, 0.1) is 6.10 Å². The summed E-state index contributed by atoms with van der Waals surface area (Å²) in [6, 6.07) is 0. The first-order chi connectivity index (χ1) is 8.83. The van der Waals surface area contributed by atoms with Crippen molar-refractivity contribution in [3.8, 4) is 0 Å². The number of hydrogen-bond acceptors (Lipinski definition) is 4. The molecular formula is C14H30N2O2. The van der Waals surface area contributed by atoms with Crippen LogP contribution in [0.1, 0.15) is 32.6 Å². The molecule has 1 aliphatic heterocycles. The summed E-state index contributed by atoms with van der Waals surface area (Å²) >= 11 is 0. The van der Waals surface area contributed by atoms with E-state index in [9.17, 15) is 0 Å². The van der Waals surface area contributed by atoms with E-state index in [-0.39, 0.29) is 0 Å². The van der Waals surface area contributed by atoms with E-state index in [0.29, 0.717) is 6.10 Å². The van der Waals surface area contributed by atoms with Gasteiger partial charge in [0.25, 0.3) is 0 Å². The summed E-state index contributed by atoms with van der Waals surface area (Å²) in [5.74, 6) is 0. The molecule has 4 nitrogen and oxygen atoms in total. The standard InChI is InChI=1S/C14H30N2O2/c1-3-17-11-6-8-15-9-10-16(2)13-14-7-4-5-12-18-14/h14-15H,3-13H2,1-2H3. The Morgan fingerprint density at radius 2 is 2.22 bits per heavy atom. The molecule has 4 heteroatoms. The van der Waals surface area contributed by atoms with E-state index in [0.717, 1.165) is 52.4 Å². The molecule has 0 aliphatic carbocycles. The lowest BCUT2D eigenvalue weighted by molar-refractivity contribution is -0.00122. The van der Waals surface area contributed by atoms with E-state index in [2.05, 4.69) is 17.3 Å². The predicted molar refractivity (Wildman–Crippen MR) is 75.1 cm³/mol. The minimum atomic E-state index is 0.460. The van der Waals surface area contributed by atoms with Crippen LogP contribution in [0.3, 0.4) is 0 Å². The Balaban J connectivity index is 1.88. The summed E-state index contributed by atoms with van der Waals surface area (Å²) in [6.07, 6.45) is 5.35. The first-order valence-electron chi connectivity index (χ1n) is 7.41. The molecule has 0 aromatic rings. The molecule has 1 aliphatic rings. The minimum absolute atomic E-state index is 0.460. The van der Waals surface area contributed by atoms with Crippen LogP contribution in [0.25, 0.3) is 0 Å². The number of nitrogens with zero attached hydrogens (tertiary/aromatic N) is 1. The third kappa shape index (κ3) is 8.03. The highest BCUT2D eigenvalue weighted by Gasteiger charge is 2.15. The molecule has 1 heterocycles. The van der Waals surface area contributed by atoms with Crippen LogP contribution in [0.15, 0.2) is 0 Å². The van der Waals surface area contributed by atoms with E-state index < -0.39 is 0 Å². The molecule has 0 aromatic carbocycles. The van der Waals surface area contributed by atoms with Crippen LogP contribution in [0, 0.1) is 0 Å². The Hall–Kier alpha value is -0.160. The molecule has 1 saturated heterocycles. The molecular weight excluding hydrogens is 228 g/mol. The zero-order valence-electron chi connectivity index (χ0n) is 12.1. The SMILES string of the molecule is CCOCCCNCCN(C)CC1CCCCO1. The Kier molecular flexibility index (Phi) is 9.48. The van der Waals surface area contributed by atoms with Crippen molar-refractivity contribution >= 4 is 0 Å². The summed E-state index contributed by atoms with van der Waals surface area (Å²) in [6.45, 7) is 8.95. The second-order valence-electron chi connectivity index (χ2n) is 5.05. The number of rotatable bonds is 10. The topological polar surface area (TPSA) is 33.7 Å². The predicted octanol–water partition coefficient (Wildman–Crippen LogP) is 1.50. The molecule has 0 spiro atoms. The number of nitrogens with one attached hydrogen (secondary N) is 1. The van der Waals surface area contributed by atoms with Crippen molar-refractivity contribution < 1.29 is 9.47 Å². The van der Waals surface area contributed by atoms with Crippen LogP contribution in [0.4, 0.5) is 0 Å². The van der Waals surface area contributed by atoms with Gasteiger partial charge in [-0.25, -0.2) is 0 Å². The molecule has 0 amide bonds. The largest absolute Gasteiger partial charge is 0.382 e. The minimum Gasteiger partial charge on any atom is -0.382 e. The molecule has 1 atom stereocenters. The lowest BCUT2D eigenvalue weighted by Crippen LogP contribution is -2.37. The van der Waals surface area contributed by atoms with Gasteiger partial charge in [-0.2, -0.15) is 0 Å². The quantitative estimate of drug-likeness (QED) is 0.602. The fraction of sp³-hybridized carbons (Fsp3) is 1.00. The van der Waals surface area contributed by atoms with Gasteiger partial charge < -0.3 is 19.7 Å². The highest BCUT2D eigenvalue weighted by Crippen LogP contribution is 2.12. The van der Waals surface area contributed by atoms with Crippen LogP contribution in [0.2, 0.25) is 0 Å². The van der Waals surface area contributed by atoms with Crippen molar-refractivity contribution in [2.24, 2.45) is 0 Å². The number of likely N-dealkylation sites (N-methyl/N-ethyl adjacent to an activating group) is 1. The Morgan fingerprint density at radius 3 is 2.94 bits per heavy atom. The Morgan fingerprint density at radius 1 is 1.33 bits per heavy atom. The molecule has 0 bridgehead atoms. The van der Waals surface area contributed by atoms with Crippen LogP contribution < -0.4 is 5.32 Å². The van der Waals surface area contributed by atoms with Gasteiger partial charge >= 0.3 is 0 Å². The van der Waals surface area contributed by atoms with Crippen molar-refractivity contribution in [1.29, 1.82) is 0 Å². The Bertz CT molecular complexity index is 185. The normalized spacial score (nSPS) is 20.5.